The quantitative estimate of drug-likeness (QED) is 0.751. The molecule has 1 saturated heterocycles. The van der Waals surface area contributed by atoms with Crippen LogP contribution in [0.5, 0.6) is 5.75 Å². The molecule has 2 aliphatic heterocycles. The number of benzene rings is 2. The fourth-order valence-electron chi connectivity index (χ4n) is 4.41. The number of rotatable bonds is 6. The number of hydrogen-bond donors (Lipinski definition) is 1. The topological polar surface area (TPSA) is 41.6 Å². The monoisotopic (exact) mass is 378 g/mol. The lowest BCUT2D eigenvalue weighted by Crippen LogP contribution is -2.34. The van der Waals surface area contributed by atoms with Gasteiger partial charge in [0.2, 0.25) is 5.91 Å². The molecule has 2 aromatic rings. The van der Waals surface area contributed by atoms with Crippen molar-refractivity contribution in [1.82, 2.24) is 4.90 Å². The van der Waals surface area contributed by atoms with E-state index in [9.17, 15) is 4.79 Å². The van der Waals surface area contributed by atoms with Crippen molar-refractivity contribution in [3.8, 4) is 5.75 Å². The summed E-state index contributed by atoms with van der Waals surface area (Å²) >= 11 is 0. The first kappa shape index (κ1) is 19.0. The van der Waals surface area contributed by atoms with Crippen molar-refractivity contribution in [1.29, 1.82) is 0 Å². The molecule has 0 unspecified atom stereocenters. The number of hydrogen-bond acceptors (Lipinski definition) is 3. The van der Waals surface area contributed by atoms with Crippen molar-refractivity contribution in [2.75, 3.05) is 31.6 Å². The number of amides is 1. The summed E-state index contributed by atoms with van der Waals surface area (Å²) < 4.78 is 6.06. The summed E-state index contributed by atoms with van der Waals surface area (Å²) in [5, 5.41) is 2.94. The Morgan fingerprint density at radius 3 is 2.75 bits per heavy atom. The highest BCUT2D eigenvalue weighted by molar-refractivity contribution is 5.94. The molecule has 148 valence electrons. The molecule has 4 nitrogen and oxygen atoms in total. The van der Waals surface area contributed by atoms with Gasteiger partial charge in [0.05, 0.1) is 6.61 Å². The maximum atomic E-state index is 11.5. The van der Waals surface area contributed by atoms with Gasteiger partial charge in [-0.25, -0.2) is 0 Å². The largest absolute Gasteiger partial charge is 0.493 e. The lowest BCUT2D eigenvalue weighted by Gasteiger charge is -2.32. The molecule has 4 heteroatoms. The van der Waals surface area contributed by atoms with Gasteiger partial charge in [0, 0.05) is 24.2 Å². The SMILES string of the molecule is Cc1cccc(C2CCN(CCCOc3cccc4c3CCC(=O)N4)CC2)c1. The second-order valence-corrected chi connectivity index (χ2v) is 8.06. The van der Waals surface area contributed by atoms with Gasteiger partial charge in [0.25, 0.3) is 0 Å². The van der Waals surface area contributed by atoms with Crippen LogP contribution in [0.4, 0.5) is 5.69 Å². The van der Waals surface area contributed by atoms with E-state index in [1.807, 2.05) is 18.2 Å². The summed E-state index contributed by atoms with van der Waals surface area (Å²) in [6, 6.07) is 14.9. The van der Waals surface area contributed by atoms with Crippen molar-refractivity contribution >= 4 is 11.6 Å². The van der Waals surface area contributed by atoms with Crippen LogP contribution in [0.2, 0.25) is 0 Å². The number of carbonyl (C=O) groups is 1. The third-order valence-electron chi connectivity index (χ3n) is 5.99. The molecule has 2 heterocycles. The zero-order valence-electron chi connectivity index (χ0n) is 16.7. The number of aryl methyl sites for hydroxylation is 1. The first-order valence-electron chi connectivity index (χ1n) is 10.5. The standard InChI is InChI=1S/C24H30N2O2/c1-18-5-2-6-20(17-18)19-11-14-26(15-12-19)13-4-16-28-23-8-3-7-22-21(23)9-10-24(27)25-22/h2-3,5-8,17,19H,4,9-16H2,1H3,(H,25,27). The first-order chi connectivity index (χ1) is 13.7. The smallest absolute Gasteiger partial charge is 0.224 e. The van der Waals surface area contributed by atoms with E-state index in [2.05, 4.69) is 41.4 Å². The van der Waals surface area contributed by atoms with Gasteiger partial charge in [-0.05, 0) is 69.3 Å². The van der Waals surface area contributed by atoms with E-state index in [0.717, 1.165) is 43.0 Å². The zero-order valence-corrected chi connectivity index (χ0v) is 16.7. The van der Waals surface area contributed by atoms with Crippen LogP contribution in [-0.4, -0.2) is 37.0 Å². The number of anilines is 1. The number of ether oxygens (including phenoxy) is 1. The first-order valence-corrected chi connectivity index (χ1v) is 10.5. The van der Waals surface area contributed by atoms with E-state index in [1.165, 1.54) is 37.1 Å². The minimum absolute atomic E-state index is 0.0960. The van der Waals surface area contributed by atoms with E-state index in [0.29, 0.717) is 12.3 Å². The fourth-order valence-corrected chi connectivity index (χ4v) is 4.41. The lowest BCUT2D eigenvalue weighted by atomic mass is 9.89. The molecule has 2 aliphatic rings. The Kier molecular flexibility index (Phi) is 5.96. The predicted molar refractivity (Wildman–Crippen MR) is 113 cm³/mol. The molecule has 2 aromatic carbocycles. The van der Waals surface area contributed by atoms with Gasteiger partial charge < -0.3 is 15.0 Å². The van der Waals surface area contributed by atoms with Gasteiger partial charge in [-0.3, -0.25) is 4.79 Å². The molecule has 0 radical (unpaired) electrons. The highest BCUT2D eigenvalue weighted by Gasteiger charge is 2.21. The van der Waals surface area contributed by atoms with Crippen LogP contribution in [-0.2, 0) is 11.2 Å². The molecule has 0 spiro atoms. The van der Waals surface area contributed by atoms with E-state index in [4.69, 9.17) is 4.74 Å². The predicted octanol–water partition coefficient (Wildman–Crippen LogP) is 4.53. The molecule has 4 rings (SSSR count). The van der Waals surface area contributed by atoms with Crippen LogP contribution in [0.25, 0.3) is 0 Å². The Bertz CT molecular complexity index is 825. The summed E-state index contributed by atoms with van der Waals surface area (Å²) in [6.07, 6.45) is 4.84. The minimum Gasteiger partial charge on any atom is -0.493 e. The molecular formula is C24H30N2O2. The summed E-state index contributed by atoms with van der Waals surface area (Å²) in [6.45, 7) is 6.33. The molecule has 28 heavy (non-hydrogen) atoms. The second-order valence-electron chi connectivity index (χ2n) is 8.06. The summed E-state index contributed by atoms with van der Waals surface area (Å²) in [5.74, 6) is 1.73. The van der Waals surface area contributed by atoms with E-state index >= 15 is 0 Å². The number of fused-ring (bicyclic) bond motifs is 1. The summed E-state index contributed by atoms with van der Waals surface area (Å²) in [7, 11) is 0. The van der Waals surface area contributed by atoms with Crippen LogP contribution in [0.3, 0.4) is 0 Å². The van der Waals surface area contributed by atoms with Gasteiger partial charge in [0.15, 0.2) is 0 Å². The van der Waals surface area contributed by atoms with Crippen LogP contribution < -0.4 is 10.1 Å². The van der Waals surface area contributed by atoms with Crippen LogP contribution in [0, 0.1) is 6.92 Å². The molecule has 1 N–H and O–H groups in total. The molecule has 0 aliphatic carbocycles. The van der Waals surface area contributed by atoms with Crippen LogP contribution in [0.15, 0.2) is 42.5 Å². The van der Waals surface area contributed by atoms with E-state index < -0.39 is 0 Å². The number of piperidine rings is 1. The van der Waals surface area contributed by atoms with Crippen molar-refractivity contribution in [3.05, 3.63) is 59.2 Å². The molecule has 1 fully saturated rings. The highest BCUT2D eigenvalue weighted by atomic mass is 16.5. The summed E-state index contributed by atoms with van der Waals surface area (Å²) in [5.41, 5.74) is 4.91. The lowest BCUT2D eigenvalue weighted by molar-refractivity contribution is -0.116. The van der Waals surface area contributed by atoms with Gasteiger partial charge in [-0.15, -0.1) is 0 Å². The third kappa shape index (κ3) is 4.56. The van der Waals surface area contributed by atoms with Crippen LogP contribution in [0.1, 0.15) is 48.3 Å². The molecular weight excluding hydrogens is 348 g/mol. The zero-order chi connectivity index (χ0) is 19.3. The molecule has 0 saturated carbocycles. The van der Waals surface area contributed by atoms with Crippen molar-refractivity contribution in [2.45, 2.75) is 44.9 Å². The maximum Gasteiger partial charge on any atom is 0.224 e. The number of nitrogens with zero attached hydrogens (tertiary/aromatic N) is 1. The minimum atomic E-state index is 0.0960. The Morgan fingerprint density at radius 2 is 1.93 bits per heavy atom. The second kappa shape index (κ2) is 8.78. The van der Waals surface area contributed by atoms with Gasteiger partial charge in [-0.1, -0.05) is 35.9 Å². The highest BCUT2D eigenvalue weighted by Crippen LogP contribution is 2.31. The van der Waals surface area contributed by atoms with E-state index in [1.54, 1.807) is 0 Å². The number of carbonyl (C=O) groups excluding carboxylic acids is 1. The Morgan fingerprint density at radius 1 is 1.11 bits per heavy atom. The van der Waals surface area contributed by atoms with Crippen molar-refractivity contribution in [2.24, 2.45) is 0 Å². The Balaban J connectivity index is 1.21. The number of nitrogens with one attached hydrogen (secondary N) is 1. The summed E-state index contributed by atoms with van der Waals surface area (Å²) in [4.78, 5) is 14.1. The van der Waals surface area contributed by atoms with E-state index in [-0.39, 0.29) is 5.91 Å². The third-order valence-corrected chi connectivity index (χ3v) is 5.99. The van der Waals surface area contributed by atoms with Gasteiger partial charge in [0.1, 0.15) is 5.75 Å². The molecule has 0 atom stereocenters. The van der Waals surface area contributed by atoms with Gasteiger partial charge >= 0.3 is 0 Å². The molecule has 0 bridgehead atoms. The Hall–Kier alpha value is -2.33. The van der Waals surface area contributed by atoms with Crippen LogP contribution >= 0.6 is 0 Å². The average molecular weight is 379 g/mol. The normalized spacial score (nSPS) is 17.8. The average Bonchev–Trinajstić information content (AvgIpc) is 2.71. The number of likely N-dealkylation sites (tertiary alicyclic amines) is 1. The van der Waals surface area contributed by atoms with Crippen molar-refractivity contribution in [3.63, 3.8) is 0 Å². The Labute approximate surface area is 167 Å². The molecule has 1 amide bonds. The van der Waals surface area contributed by atoms with Gasteiger partial charge in [-0.2, -0.15) is 0 Å². The molecule has 0 aromatic heterocycles. The fraction of sp³-hybridized carbons (Fsp3) is 0.458. The maximum absolute atomic E-state index is 11.5. The van der Waals surface area contributed by atoms with Crippen molar-refractivity contribution < 1.29 is 9.53 Å².